The monoisotopic (exact) mass is 232 g/mol. The molecular formula is H2Cl2O4SZn. The van der Waals surface area contributed by atoms with Gasteiger partial charge in [-0.3, -0.25) is 9.11 Å². The van der Waals surface area contributed by atoms with Gasteiger partial charge in [-0.2, -0.15) is 8.42 Å². The van der Waals surface area contributed by atoms with E-state index in [1.54, 1.807) is 0 Å². The van der Waals surface area contributed by atoms with Gasteiger partial charge in [0.2, 0.25) is 0 Å². The summed E-state index contributed by atoms with van der Waals surface area (Å²) in [5.41, 5.74) is 0. The van der Waals surface area contributed by atoms with E-state index in [0.29, 0.717) is 0 Å². The van der Waals surface area contributed by atoms with Crippen LogP contribution in [0.2, 0.25) is 0 Å². The quantitative estimate of drug-likeness (QED) is 0.478. The summed E-state index contributed by atoms with van der Waals surface area (Å²) >= 11 is -0.931. The topological polar surface area (TPSA) is 74.6 Å². The molecule has 0 aliphatic heterocycles. The molecule has 0 aliphatic carbocycles. The Kier molecular flexibility index (Phi) is 9.16. The zero-order valence-electron chi connectivity index (χ0n) is 3.58. The Labute approximate surface area is 62.4 Å². The molecule has 0 spiro atoms. The molecule has 2 N–H and O–H groups in total. The third-order valence-corrected chi connectivity index (χ3v) is 0. The molecule has 0 aromatic heterocycles. The standard InChI is InChI=1S/2ClH.H2O4S.Zn/c;;1-5(2,3)4;/h2*1H;(H2,1,2,3,4);/q;;;+2/p-2. The van der Waals surface area contributed by atoms with Crippen LogP contribution < -0.4 is 0 Å². The van der Waals surface area contributed by atoms with Crippen molar-refractivity contribution in [1.29, 1.82) is 0 Å². The minimum absolute atomic E-state index is 0.931. The van der Waals surface area contributed by atoms with Crippen molar-refractivity contribution in [3.63, 3.8) is 0 Å². The van der Waals surface area contributed by atoms with Gasteiger partial charge in [0.25, 0.3) is 0 Å². The maximum absolute atomic E-state index is 8.74. The predicted octanol–water partition coefficient (Wildman–Crippen LogP) is 0.724. The maximum atomic E-state index is 8.74. The molecule has 0 saturated carbocycles. The molecule has 0 unspecified atom stereocenters. The van der Waals surface area contributed by atoms with Crippen molar-refractivity contribution in [2.24, 2.45) is 0 Å². The van der Waals surface area contributed by atoms with Gasteiger partial charge in [0.1, 0.15) is 0 Å². The van der Waals surface area contributed by atoms with Gasteiger partial charge in [-0.15, -0.1) is 0 Å². The zero-order valence-corrected chi connectivity index (χ0v) is 8.88. The van der Waals surface area contributed by atoms with Gasteiger partial charge in [-0.05, 0) is 0 Å². The van der Waals surface area contributed by atoms with E-state index < -0.39 is 25.5 Å². The van der Waals surface area contributed by atoms with E-state index in [2.05, 4.69) is 0 Å². The molecule has 0 bridgehead atoms. The number of rotatable bonds is 0. The fraction of sp³-hybridized carbons (Fsp3) is 0. The summed E-state index contributed by atoms with van der Waals surface area (Å²) in [5, 5.41) is 0. The Morgan fingerprint density at radius 3 is 1.25 bits per heavy atom. The van der Waals surface area contributed by atoms with Crippen LogP contribution in [0.3, 0.4) is 0 Å². The van der Waals surface area contributed by atoms with Crippen LogP contribution in [-0.4, -0.2) is 17.5 Å². The van der Waals surface area contributed by atoms with Crippen LogP contribution in [0.15, 0.2) is 0 Å². The second kappa shape index (κ2) is 6.20. The van der Waals surface area contributed by atoms with Crippen molar-refractivity contribution in [1.82, 2.24) is 0 Å². The van der Waals surface area contributed by atoms with E-state index in [9.17, 15) is 0 Å². The van der Waals surface area contributed by atoms with Crippen LogP contribution in [-0.2, 0) is 25.5 Å². The van der Waals surface area contributed by atoms with E-state index in [1.807, 2.05) is 0 Å². The van der Waals surface area contributed by atoms with Crippen molar-refractivity contribution in [2.75, 3.05) is 0 Å². The minimum atomic E-state index is -4.67. The van der Waals surface area contributed by atoms with Crippen LogP contribution in [0.25, 0.3) is 0 Å². The molecule has 0 radical (unpaired) electrons. The third-order valence-electron chi connectivity index (χ3n) is 0. The van der Waals surface area contributed by atoms with E-state index >= 15 is 0 Å². The molecule has 48 valence electrons. The first-order valence-electron chi connectivity index (χ1n) is 1.23. The second-order valence-corrected chi connectivity index (χ2v) is 6.07. The molecule has 0 amide bonds. The molecule has 0 aromatic carbocycles. The predicted molar refractivity (Wildman–Crippen MR) is 25.9 cm³/mol. The molecule has 0 fully saturated rings. The Balaban J connectivity index is 0. The van der Waals surface area contributed by atoms with Gasteiger partial charge >= 0.3 is 44.9 Å². The van der Waals surface area contributed by atoms with Gasteiger partial charge in [-0.1, -0.05) is 0 Å². The fourth-order valence-electron chi connectivity index (χ4n) is 0. The molecule has 0 aliphatic rings. The summed E-state index contributed by atoms with van der Waals surface area (Å²) in [7, 11) is 5.24. The number of hydrogen-bond donors (Lipinski definition) is 2. The molecule has 0 saturated heterocycles. The van der Waals surface area contributed by atoms with Crippen LogP contribution in [0.5, 0.6) is 0 Å². The first-order chi connectivity index (χ1) is 3.41. The van der Waals surface area contributed by atoms with E-state index in [4.69, 9.17) is 36.9 Å². The number of halogens is 2. The summed E-state index contributed by atoms with van der Waals surface area (Å²) in [6.45, 7) is 0. The van der Waals surface area contributed by atoms with Crippen molar-refractivity contribution in [3.05, 3.63) is 0 Å². The van der Waals surface area contributed by atoms with Gasteiger partial charge in [0.05, 0.1) is 0 Å². The fourth-order valence-corrected chi connectivity index (χ4v) is 0. The van der Waals surface area contributed by atoms with Crippen LogP contribution in [0.1, 0.15) is 0 Å². The number of hydrogen-bond acceptors (Lipinski definition) is 2. The second-order valence-electron chi connectivity index (χ2n) is 0.549. The summed E-state index contributed by atoms with van der Waals surface area (Å²) in [4.78, 5) is 0. The third kappa shape index (κ3) is 226. The van der Waals surface area contributed by atoms with Crippen molar-refractivity contribution in [3.8, 4) is 0 Å². The molecule has 0 atom stereocenters. The zero-order chi connectivity index (χ0) is 7.21. The summed E-state index contributed by atoms with van der Waals surface area (Å²) in [5.74, 6) is 0. The summed E-state index contributed by atoms with van der Waals surface area (Å²) in [6.07, 6.45) is 0. The Morgan fingerprint density at radius 2 is 1.25 bits per heavy atom. The Bertz CT molecular complexity index is 108. The molecule has 0 aromatic rings. The van der Waals surface area contributed by atoms with Gasteiger partial charge < -0.3 is 0 Å². The van der Waals surface area contributed by atoms with Gasteiger partial charge in [0, 0.05) is 0 Å². The van der Waals surface area contributed by atoms with Crippen molar-refractivity contribution < 1.29 is 32.7 Å². The first kappa shape index (κ1) is 11.8. The van der Waals surface area contributed by atoms with Gasteiger partial charge in [0.15, 0.2) is 0 Å². The Hall–Kier alpha value is 1.07. The van der Waals surface area contributed by atoms with E-state index in [1.165, 1.54) is 0 Å². The van der Waals surface area contributed by atoms with Crippen LogP contribution >= 0.6 is 19.4 Å². The van der Waals surface area contributed by atoms with Gasteiger partial charge in [-0.25, -0.2) is 0 Å². The first-order valence-corrected chi connectivity index (χ1v) is 10.4. The average Bonchev–Trinajstić information content (AvgIpc) is 1.27. The summed E-state index contributed by atoms with van der Waals surface area (Å²) in [6, 6.07) is 0. The Morgan fingerprint density at radius 1 is 1.25 bits per heavy atom. The van der Waals surface area contributed by atoms with E-state index in [-0.39, 0.29) is 0 Å². The molecule has 8 heavy (non-hydrogen) atoms. The molecule has 0 heterocycles. The molecule has 0 rings (SSSR count). The molecule has 8 heteroatoms. The SMILES string of the molecule is O=S(=O)(O)O.[Cl][Zn][Cl]. The van der Waals surface area contributed by atoms with Crippen LogP contribution in [0.4, 0.5) is 0 Å². The average molecular weight is 234 g/mol. The molecular weight excluding hydrogens is 232 g/mol. The van der Waals surface area contributed by atoms with Crippen molar-refractivity contribution >= 4 is 29.8 Å². The normalized spacial score (nSPS) is 8.50. The molecule has 4 nitrogen and oxygen atoms in total. The van der Waals surface area contributed by atoms with Crippen molar-refractivity contribution in [2.45, 2.75) is 0 Å². The summed E-state index contributed by atoms with van der Waals surface area (Å²) < 4.78 is 31.6. The van der Waals surface area contributed by atoms with E-state index in [0.717, 1.165) is 0 Å². The van der Waals surface area contributed by atoms with Crippen LogP contribution in [0, 0.1) is 0 Å².